The van der Waals surface area contributed by atoms with Gasteiger partial charge in [-0.25, -0.2) is 9.97 Å². The van der Waals surface area contributed by atoms with Gasteiger partial charge in [0.25, 0.3) is 0 Å². The molecule has 8 heteroatoms. The molecule has 2 N–H and O–H groups in total. The second-order valence-electron chi connectivity index (χ2n) is 4.24. The fourth-order valence-electron chi connectivity index (χ4n) is 1.64. The van der Waals surface area contributed by atoms with Crippen molar-refractivity contribution in [3.05, 3.63) is 46.7 Å². The van der Waals surface area contributed by atoms with E-state index in [-0.39, 0.29) is 16.7 Å². The Morgan fingerprint density at radius 2 is 2.00 bits per heavy atom. The second kappa shape index (κ2) is 5.77. The molecule has 1 aromatic heterocycles. The highest BCUT2D eigenvalue weighted by atomic mass is 35.5. The average molecular weight is 318 g/mol. The third-order valence-electron chi connectivity index (χ3n) is 2.68. The van der Waals surface area contributed by atoms with Crippen LogP contribution in [-0.2, 0) is 6.18 Å². The maximum atomic E-state index is 12.5. The Balaban J connectivity index is 2.20. The zero-order chi connectivity index (χ0) is 15.6. The van der Waals surface area contributed by atoms with Gasteiger partial charge in [0, 0.05) is 6.20 Å². The number of halogens is 4. The van der Waals surface area contributed by atoms with Crippen molar-refractivity contribution >= 4 is 17.5 Å². The first-order valence-electron chi connectivity index (χ1n) is 5.89. The summed E-state index contributed by atoms with van der Waals surface area (Å²) in [5, 5.41) is -0.126. The van der Waals surface area contributed by atoms with Crippen molar-refractivity contribution in [2.75, 3.05) is 5.73 Å². The molecule has 0 fully saturated rings. The summed E-state index contributed by atoms with van der Waals surface area (Å²) in [7, 11) is 0. The van der Waals surface area contributed by atoms with E-state index in [1.54, 1.807) is 13.0 Å². The summed E-state index contributed by atoms with van der Waals surface area (Å²) >= 11 is 5.82. The van der Waals surface area contributed by atoms with Crippen molar-refractivity contribution in [2.45, 2.75) is 19.2 Å². The molecule has 1 atom stereocenters. The number of nitrogens with zero attached hydrogens (tertiary/aromatic N) is 2. The lowest BCUT2D eigenvalue weighted by Crippen LogP contribution is -2.09. The summed E-state index contributed by atoms with van der Waals surface area (Å²) in [6.07, 6.45) is -3.52. The quantitative estimate of drug-likeness (QED) is 0.933. The van der Waals surface area contributed by atoms with Crippen LogP contribution < -0.4 is 10.5 Å². The van der Waals surface area contributed by atoms with E-state index >= 15 is 0 Å². The van der Waals surface area contributed by atoms with Crippen LogP contribution in [0.15, 0.2) is 30.5 Å². The SMILES string of the molecule is CC(Oc1ccc(C(F)(F)F)cc1Cl)c1ccnc(N)n1. The summed E-state index contributed by atoms with van der Waals surface area (Å²) in [6.45, 7) is 1.68. The van der Waals surface area contributed by atoms with Crippen LogP contribution >= 0.6 is 11.6 Å². The van der Waals surface area contributed by atoms with Gasteiger partial charge in [-0.1, -0.05) is 11.6 Å². The fourth-order valence-corrected chi connectivity index (χ4v) is 1.86. The molecule has 1 aromatic carbocycles. The standard InChI is InChI=1S/C13H11ClF3N3O/c1-7(10-4-5-19-12(18)20-10)21-11-3-2-8(6-9(11)14)13(15,16)17/h2-7H,1H3,(H2,18,19,20). The fraction of sp³-hybridized carbons (Fsp3) is 0.231. The Labute approximate surface area is 123 Å². The predicted octanol–water partition coefficient (Wildman–Crippen LogP) is 3.87. The van der Waals surface area contributed by atoms with E-state index in [2.05, 4.69) is 9.97 Å². The lowest BCUT2D eigenvalue weighted by atomic mass is 10.2. The largest absolute Gasteiger partial charge is 0.483 e. The van der Waals surface area contributed by atoms with E-state index in [4.69, 9.17) is 22.1 Å². The molecule has 0 spiro atoms. The predicted molar refractivity (Wildman–Crippen MR) is 71.9 cm³/mol. The van der Waals surface area contributed by atoms with Gasteiger partial charge in [0.2, 0.25) is 5.95 Å². The number of ether oxygens (including phenoxy) is 1. The summed E-state index contributed by atoms with van der Waals surface area (Å²) in [5.41, 5.74) is 5.12. The maximum absolute atomic E-state index is 12.5. The van der Waals surface area contributed by atoms with Crippen molar-refractivity contribution < 1.29 is 17.9 Å². The molecule has 21 heavy (non-hydrogen) atoms. The molecule has 0 radical (unpaired) electrons. The van der Waals surface area contributed by atoms with Gasteiger partial charge in [0.15, 0.2) is 0 Å². The molecular formula is C13H11ClF3N3O. The Morgan fingerprint density at radius 1 is 1.29 bits per heavy atom. The van der Waals surface area contributed by atoms with E-state index in [1.165, 1.54) is 12.3 Å². The molecule has 112 valence electrons. The third kappa shape index (κ3) is 3.75. The number of nitrogen functional groups attached to an aromatic ring is 1. The molecule has 0 bridgehead atoms. The summed E-state index contributed by atoms with van der Waals surface area (Å²) in [4.78, 5) is 7.72. The van der Waals surface area contributed by atoms with Crippen molar-refractivity contribution in [1.29, 1.82) is 0 Å². The van der Waals surface area contributed by atoms with Gasteiger partial charge in [-0.3, -0.25) is 0 Å². The molecule has 0 aliphatic rings. The van der Waals surface area contributed by atoms with Gasteiger partial charge in [0.1, 0.15) is 11.9 Å². The van der Waals surface area contributed by atoms with Crippen molar-refractivity contribution in [3.8, 4) is 5.75 Å². The number of anilines is 1. The summed E-state index contributed by atoms with van der Waals surface area (Å²) in [5.74, 6) is 0.218. The topological polar surface area (TPSA) is 61.0 Å². The molecule has 0 saturated heterocycles. The van der Waals surface area contributed by atoms with E-state index in [0.717, 1.165) is 12.1 Å². The molecule has 0 aliphatic carbocycles. The van der Waals surface area contributed by atoms with Crippen LogP contribution in [0.5, 0.6) is 5.75 Å². The second-order valence-corrected chi connectivity index (χ2v) is 4.65. The normalized spacial score (nSPS) is 13.0. The molecule has 0 amide bonds. The molecule has 2 rings (SSSR count). The Bertz CT molecular complexity index is 649. The average Bonchev–Trinajstić information content (AvgIpc) is 2.39. The van der Waals surface area contributed by atoms with Crippen LogP contribution in [0.25, 0.3) is 0 Å². The minimum atomic E-state index is -4.45. The Hall–Kier alpha value is -2.02. The Kier molecular flexibility index (Phi) is 4.22. The molecule has 2 aromatic rings. The first-order chi connectivity index (χ1) is 9.77. The molecule has 4 nitrogen and oxygen atoms in total. The minimum Gasteiger partial charge on any atom is -0.483 e. The smallest absolute Gasteiger partial charge is 0.416 e. The Morgan fingerprint density at radius 3 is 2.57 bits per heavy atom. The molecular weight excluding hydrogens is 307 g/mol. The number of hydrogen-bond donors (Lipinski definition) is 1. The van der Waals surface area contributed by atoms with Crippen LogP contribution in [-0.4, -0.2) is 9.97 Å². The molecule has 0 aliphatic heterocycles. The molecule has 1 unspecified atom stereocenters. The highest BCUT2D eigenvalue weighted by Crippen LogP contribution is 2.36. The number of rotatable bonds is 3. The first kappa shape index (κ1) is 15.4. The zero-order valence-corrected chi connectivity index (χ0v) is 11.6. The van der Waals surface area contributed by atoms with Crippen LogP contribution in [0, 0.1) is 0 Å². The molecule has 1 heterocycles. The summed E-state index contributed by atoms with van der Waals surface area (Å²) < 4.78 is 43.1. The number of aromatic nitrogens is 2. The first-order valence-corrected chi connectivity index (χ1v) is 6.27. The monoisotopic (exact) mass is 317 g/mol. The van der Waals surface area contributed by atoms with E-state index in [9.17, 15) is 13.2 Å². The maximum Gasteiger partial charge on any atom is 0.416 e. The number of alkyl halides is 3. The number of benzene rings is 1. The van der Waals surface area contributed by atoms with E-state index < -0.39 is 17.8 Å². The van der Waals surface area contributed by atoms with E-state index in [0.29, 0.717) is 5.69 Å². The molecule has 0 saturated carbocycles. The highest BCUT2D eigenvalue weighted by molar-refractivity contribution is 6.32. The van der Waals surface area contributed by atoms with Crippen LogP contribution in [0.4, 0.5) is 19.1 Å². The van der Waals surface area contributed by atoms with E-state index in [1.807, 2.05) is 0 Å². The van der Waals surface area contributed by atoms with Crippen LogP contribution in [0.1, 0.15) is 24.3 Å². The third-order valence-corrected chi connectivity index (χ3v) is 2.97. The van der Waals surface area contributed by atoms with Gasteiger partial charge < -0.3 is 10.5 Å². The van der Waals surface area contributed by atoms with Crippen LogP contribution in [0.2, 0.25) is 5.02 Å². The van der Waals surface area contributed by atoms with Gasteiger partial charge >= 0.3 is 6.18 Å². The number of hydrogen-bond acceptors (Lipinski definition) is 4. The lowest BCUT2D eigenvalue weighted by Gasteiger charge is -2.16. The van der Waals surface area contributed by atoms with Crippen molar-refractivity contribution in [1.82, 2.24) is 9.97 Å². The van der Waals surface area contributed by atoms with Crippen LogP contribution in [0.3, 0.4) is 0 Å². The van der Waals surface area contributed by atoms with Gasteiger partial charge in [-0.15, -0.1) is 0 Å². The van der Waals surface area contributed by atoms with Crippen molar-refractivity contribution in [3.63, 3.8) is 0 Å². The van der Waals surface area contributed by atoms with Gasteiger partial charge in [-0.2, -0.15) is 13.2 Å². The summed E-state index contributed by atoms with van der Waals surface area (Å²) in [6, 6.07) is 4.49. The number of nitrogens with two attached hydrogens (primary N) is 1. The van der Waals surface area contributed by atoms with Gasteiger partial charge in [0.05, 0.1) is 16.3 Å². The zero-order valence-electron chi connectivity index (χ0n) is 10.9. The minimum absolute atomic E-state index is 0.0847. The highest BCUT2D eigenvalue weighted by Gasteiger charge is 2.31. The lowest BCUT2D eigenvalue weighted by molar-refractivity contribution is -0.137. The van der Waals surface area contributed by atoms with Gasteiger partial charge in [-0.05, 0) is 31.2 Å². The van der Waals surface area contributed by atoms with Crippen molar-refractivity contribution in [2.24, 2.45) is 0 Å².